The quantitative estimate of drug-likeness (QED) is 0.410. The Morgan fingerprint density at radius 3 is 2.50 bits per heavy atom. The maximum atomic E-state index is 10.9. The molecule has 1 unspecified atom stereocenters. The van der Waals surface area contributed by atoms with Crippen molar-refractivity contribution in [2.45, 2.75) is 32.6 Å². The molecule has 18 heavy (non-hydrogen) atoms. The predicted octanol–water partition coefficient (Wildman–Crippen LogP) is 2.01. The van der Waals surface area contributed by atoms with Crippen molar-refractivity contribution in [1.29, 1.82) is 0 Å². The lowest BCUT2D eigenvalue weighted by Crippen LogP contribution is -2.18. The van der Waals surface area contributed by atoms with Gasteiger partial charge in [0.05, 0.1) is 0 Å². The molecule has 0 saturated heterocycles. The number of aliphatic carboxylic acids is 2. The van der Waals surface area contributed by atoms with E-state index in [0.29, 0.717) is 13.0 Å². The van der Waals surface area contributed by atoms with E-state index in [1.54, 1.807) is 0 Å². The first-order chi connectivity index (χ1) is 8.49. The molecule has 0 aromatic carbocycles. The van der Waals surface area contributed by atoms with Crippen LogP contribution in [0, 0.1) is 5.92 Å². The highest BCUT2D eigenvalue weighted by atomic mass is 16.4. The predicted molar refractivity (Wildman–Crippen MR) is 69.2 cm³/mol. The molecular weight excluding hydrogens is 234 g/mol. The third-order valence-corrected chi connectivity index (χ3v) is 2.65. The molecule has 0 aromatic heterocycles. The summed E-state index contributed by atoms with van der Waals surface area (Å²) in [6, 6.07) is 0. The summed E-state index contributed by atoms with van der Waals surface area (Å²) >= 11 is 0. The highest BCUT2D eigenvalue weighted by molar-refractivity contribution is 5.86. The van der Waals surface area contributed by atoms with Gasteiger partial charge in [-0.2, -0.15) is 0 Å². The Morgan fingerprint density at radius 1 is 1.33 bits per heavy atom. The summed E-state index contributed by atoms with van der Waals surface area (Å²) in [4.78, 5) is 21.1. The lowest BCUT2D eigenvalue weighted by atomic mass is 9.91. The maximum absolute atomic E-state index is 10.9. The van der Waals surface area contributed by atoms with E-state index in [-0.39, 0.29) is 11.5 Å². The summed E-state index contributed by atoms with van der Waals surface area (Å²) in [5.41, 5.74) is 0.229. The summed E-state index contributed by atoms with van der Waals surface area (Å²) in [6.45, 7) is 6.18. The molecule has 0 amide bonds. The molecule has 5 nitrogen and oxygen atoms in total. The number of carboxylic acid groups (broad SMARTS) is 2. The Balaban J connectivity index is 4.12. The van der Waals surface area contributed by atoms with Gasteiger partial charge in [0.25, 0.3) is 0 Å². The zero-order chi connectivity index (χ0) is 14.0. The first-order valence-electron chi connectivity index (χ1n) is 6.04. The van der Waals surface area contributed by atoms with Crippen LogP contribution in [0.5, 0.6) is 0 Å². The normalized spacial score (nSPS) is 12.3. The van der Waals surface area contributed by atoms with Crippen molar-refractivity contribution in [3.63, 3.8) is 0 Å². The van der Waals surface area contributed by atoms with Crippen molar-refractivity contribution in [3.05, 3.63) is 24.4 Å². The van der Waals surface area contributed by atoms with Crippen molar-refractivity contribution >= 4 is 11.9 Å². The first kappa shape index (κ1) is 16.2. The van der Waals surface area contributed by atoms with Crippen LogP contribution in [0.1, 0.15) is 32.6 Å². The lowest BCUT2D eigenvalue weighted by Gasteiger charge is -2.16. The van der Waals surface area contributed by atoms with Crippen molar-refractivity contribution in [1.82, 2.24) is 5.32 Å². The van der Waals surface area contributed by atoms with Crippen LogP contribution in [0.15, 0.2) is 24.4 Å². The molecule has 0 rings (SSSR count). The summed E-state index contributed by atoms with van der Waals surface area (Å²) in [5, 5.41) is 20.1. The number of carbonyl (C=O) groups is 2. The Morgan fingerprint density at radius 2 is 2.00 bits per heavy atom. The molecule has 3 N–H and O–H groups in total. The standard InChI is InChI=1S/C13H21NO4/c1-3-4-5-11(10(2)13(17)18)6-8-14-9-7-12(15)16/h7,9,11,14H,2-6,8H2,1H3,(H,15,16)(H,17,18). The number of hydrogen-bond donors (Lipinski definition) is 3. The Kier molecular flexibility index (Phi) is 8.35. The molecule has 1 atom stereocenters. The van der Waals surface area contributed by atoms with Crippen molar-refractivity contribution in [3.8, 4) is 0 Å². The molecule has 102 valence electrons. The molecule has 0 aliphatic heterocycles. The fourth-order valence-electron chi connectivity index (χ4n) is 1.59. The molecule has 5 heteroatoms. The zero-order valence-corrected chi connectivity index (χ0v) is 10.7. The van der Waals surface area contributed by atoms with Gasteiger partial charge in [0.15, 0.2) is 0 Å². The molecule has 0 spiro atoms. The minimum Gasteiger partial charge on any atom is -0.478 e. The molecule has 0 saturated carbocycles. The fourth-order valence-corrected chi connectivity index (χ4v) is 1.59. The molecule has 0 radical (unpaired) electrons. The van der Waals surface area contributed by atoms with Gasteiger partial charge >= 0.3 is 11.9 Å². The second-order valence-electron chi connectivity index (χ2n) is 4.08. The molecule has 0 aromatic rings. The Bertz CT molecular complexity index is 323. The van der Waals surface area contributed by atoms with Gasteiger partial charge in [0.1, 0.15) is 0 Å². The Hall–Kier alpha value is -1.78. The smallest absolute Gasteiger partial charge is 0.331 e. The van der Waals surface area contributed by atoms with Gasteiger partial charge in [-0.15, -0.1) is 0 Å². The molecular formula is C13H21NO4. The van der Waals surface area contributed by atoms with Crippen LogP contribution in [0.25, 0.3) is 0 Å². The van der Waals surface area contributed by atoms with Crippen LogP contribution in [-0.2, 0) is 9.59 Å². The summed E-state index contributed by atoms with van der Waals surface area (Å²) in [6.07, 6.45) is 5.76. The minimum absolute atomic E-state index is 0.0619. The van der Waals surface area contributed by atoms with Crippen LogP contribution in [-0.4, -0.2) is 28.7 Å². The zero-order valence-electron chi connectivity index (χ0n) is 10.7. The molecule has 0 aliphatic carbocycles. The highest BCUT2D eigenvalue weighted by Gasteiger charge is 2.17. The monoisotopic (exact) mass is 255 g/mol. The van der Waals surface area contributed by atoms with Gasteiger partial charge in [0.2, 0.25) is 0 Å². The summed E-state index contributed by atoms with van der Waals surface area (Å²) in [7, 11) is 0. The van der Waals surface area contributed by atoms with Gasteiger partial charge in [-0.3, -0.25) is 0 Å². The largest absolute Gasteiger partial charge is 0.478 e. The summed E-state index contributed by atoms with van der Waals surface area (Å²) in [5.74, 6) is -2.04. The summed E-state index contributed by atoms with van der Waals surface area (Å²) < 4.78 is 0. The fraction of sp³-hybridized carbons (Fsp3) is 0.538. The van der Waals surface area contributed by atoms with Crippen LogP contribution in [0.3, 0.4) is 0 Å². The number of unbranched alkanes of at least 4 members (excludes halogenated alkanes) is 1. The number of nitrogens with one attached hydrogen (secondary N) is 1. The van der Waals surface area contributed by atoms with E-state index >= 15 is 0 Å². The number of hydrogen-bond acceptors (Lipinski definition) is 3. The molecule has 0 aliphatic rings. The second-order valence-corrected chi connectivity index (χ2v) is 4.08. The lowest BCUT2D eigenvalue weighted by molar-refractivity contribution is -0.133. The van der Waals surface area contributed by atoms with E-state index in [0.717, 1.165) is 25.3 Å². The van der Waals surface area contributed by atoms with E-state index < -0.39 is 11.9 Å². The van der Waals surface area contributed by atoms with E-state index in [4.69, 9.17) is 10.2 Å². The third kappa shape index (κ3) is 7.49. The number of rotatable bonds is 10. The minimum atomic E-state index is -1.01. The van der Waals surface area contributed by atoms with Crippen molar-refractivity contribution < 1.29 is 19.8 Å². The maximum Gasteiger partial charge on any atom is 0.331 e. The Labute approximate surface area is 107 Å². The highest BCUT2D eigenvalue weighted by Crippen LogP contribution is 2.20. The van der Waals surface area contributed by atoms with Gasteiger partial charge in [-0.25, -0.2) is 9.59 Å². The van der Waals surface area contributed by atoms with Crippen molar-refractivity contribution in [2.75, 3.05) is 6.54 Å². The van der Waals surface area contributed by atoms with Crippen LogP contribution < -0.4 is 5.32 Å². The van der Waals surface area contributed by atoms with E-state index in [1.165, 1.54) is 6.20 Å². The van der Waals surface area contributed by atoms with Gasteiger partial charge in [-0.1, -0.05) is 26.3 Å². The van der Waals surface area contributed by atoms with E-state index in [2.05, 4.69) is 18.8 Å². The second kappa shape index (κ2) is 9.27. The SMILES string of the molecule is C=C(C(=O)O)C(CCCC)CCNC=CC(=O)O. The van der Waals surface area contributed by atoms with Gasteiger partial charge in [-0.05, 0) is 18.8 Å². The van der Waals surface area contributed by atoms with Crippen LogP contribution >= 0.6 is 0 Å². The third-order valence-electron chi connectivity index (χ3n) is 2.65. The first-order valence-corrected chi connectivity index (χ1v) is 6.04. The average molecular weight is 255 g/mol. The number of carboxylic acids is 2. The van der Waals surface area contributed by atoms with E-state index in [1.807, 2.05) is 0 Å². The van der Waals surface area contributed by atoms with Gasteiger partial charge in [0, 0.05) is 24.4 Å². The van der Waals surface area contributed by atoms with Crippen LogP contribution in [0.2, 0.25) is 0 Å². The van der Waals surface area contributed by atoms with Gasteiger partial charge < -0.3 is 15.5 Å². The molecule has 0 bridgehead atoms. The topological polar surface area (TPSA) is 86.6 Å². The molecule has 0 fully saturated rings. The average Bonchev–Trinajstić information content (AvgIpc) is 2.31. The van der Waals surface area contributed by atoms with E-state index in [9.17, 15) is 9.59 Å². The molecule has 0 heterocycles. The van der Waals surface area contributed by atoms with Crippen LogP contribution in [0.4, 0.5) is 0 Å². The van der Waals surface area contributed by atoms with Crippen molar-refractivity contribution in [2.24, 2.45) is 5.92 Å².